The fourth-order valence-corrected chi connectivity index (χ4v) is 2.23. The first-order valence-corrected chi connectivity index (χ1v) is 5.24. The van der Waals surface area contributed by atoms with Crippen LogP contribution in [0, 0.1) is 5.82 Å². The number of hydrogen-bond donors (Lipinski definition) is 1. The lowest BCUT2D eigenvalue weighted by Crippen LogP contribution is -2.12. The Morgan fingerprint density at radius 1 is 1.36 bits per heavy atom. The second kappa shape index (κ2) is 5.10. The van der Waals surface area contributed by atoms with Crippen molar-refractivity contribution >= 4 is 28.3 Å². The summed E-state index contributed by atoms with van der Waals surface area (Å²) in [7, 11) is 0. The monoisotopic (exact) mass is 279 g/mol. The Hall–Kier alpha value is -0.120. The highest BCUT2D eigenvalue weighted by atomic mass is 79.9. The molecule has 1 heterocycles. The maximum atomic E-state index is 13.0. The molecule has 78 valence electrons. The maximum absolute atomic E-state index is 13.0. The standard InChI is InChI=1S/C10H11BrFN.ClH/c11-8-4-7(5-9(12)6-8)10-2-1-3-13-10;/h4-6,10,13H,1-3H2;1H/t10-;/m1./s1. The van der Waals surface area contributed by atoms with Gasteiger partial charge in [0.25, 0.3) is 0 Å². The van der Waals surface area contributed by atoms with Gasteiger partial charge in [0, 0.05) is 10.5 Å². The molecule has 4 heteroatoms. The molecule has 1 aliphatic rings. The van der Waals surface area contributed by atoms with Crippen molar-refractivity contribution in [3.8, 4) is 0 Å². The zero-order valence-corrected chi connectivity index (χ0v) is 10.00. The molecular weight excluding hydrogens is 268 g/mol. The number of benzene rings is 1. The molecule has 2 rings (SSSR count). The van der Waals surface area contributed by atoms with Gasteiger partial charge >= 0.3 is 0 Å². The van der Waals surface area contributed by atoms with Crippen LogP contribution in [-0.2, 0) is 0 Å². The molecule has 1 aromatic carbocycles. The molecule has 0 aromatic heterocycles. The molecule has 1 aliphatic heterocycles. The molecule has 0 spiro atoms. The van der Waals surface area contributed by atoms with Crippen LogP contribution >= 0.6 is 28.3 Å². The van der Waals surface area contributed by atoms with Crippen molar-refractivity contribution in [3.05, 3.63) is 34.1 Å². The maximum Gasteiger partial charge on any atom is 0.124 e. The number of halogens is 3. The summed E-state index contributed by atoms with van der Waals surface area (Å²) in [6, 6.07) is 5.41. The highest BCUT2D eigenvalue weighted by Crippen LogP contribution is 2.26. The Kier molecular flexibility index (Phi) is 4.35. The van der Waals surface area contributed by atoms with Crippen molar-refractivity contribution in [3.63, 3.8) is 0 Å². The van der Waals surface area contributed by atoms with E-state index in [0.717, 1.165) is 23.0 Å². The zero-order chi connectivity index (χ0) is 9.26. The molecule has 0 radical (unpaired) electrons. The molecule has 1 nitrogen and oxygen atoms in total. The Labute approximate surface area is 97.6 Å². The molecule has 1 aromatic rings. The summed E-state index contributed by atoms with van der Waals surface area (Å²) in [5, 5.41) is 3.34. The minimum atomic E-state index is -0.168. The molecule has 1 atom stereocenters. The molecule has 0 saturated carbocycles. The molecule has 14 heavy (non-hydrogen) atoms. The first-order chi connectivity index (χ1) is 6.25. The first-order valence-electron chi connectivity index (χ1n) is 4.45. The van der Waals surface area contributed by atoms with Crippen molar-refractivity contribution in [2.24, 2.45) is 0 Å². The van der Waals surface area contributed by atoms with Gasteiger partial charge < -0.3 is 5.32 Å². The highest BCUT2D eigenvalue weighted by Gasteiger charge is 2.16. The van der Waals surface area contributed by atoms with E-state index < -0.39 is 0 Å². The van der Waals surface area contributed by atoms with Gasteiger partial charge in [-0.05, 0) is 43.1 Å². The summed E-state index contributed by atoms with van der Waals surface area (Å²) in [6.45, 7) is 1.04. The smallest absolute Gasteiger partial charge is 0.124 e. The van der Waals surface area contributed by atoms with Crippen molar-refractivity contribution in [2.45, 2.75) is 18.9 Å². The van der Waals surface area contributed by atoms with E-state index in [-0.39, 0.29) is 18.2 Å². The van der Waals surface area contributed by atoms with E-state index >= 15 is 0 Å². The molecule has 1 N–H and O–H groups in total. The van der Waals surface area contributed by atoms with Crippen LogP contribution in [0.1, 0.15) is 24.4 Å². The van der Waals surface area contributed by atoms with Crippen LogP contribution < -0.4 is 5.32 Å². The van der Waals surface area contributed by atoms with Crippen LogP contribution in [0.2, 0.25) is 0 Å². The summed E-state index contributed by atoms with van der Waals surface area (Å²) >= 11 is 3.29. The second-order valence-electron chi connectivity index (χ2n) is 3.35. The van der Waals surface area contributed by atoms with Gasteiger partial charge in [0.15, 0.2) is 0 Å². The Balaban J connectivity index is 0.000000980. The van der Waals surface area contributed by atoms with Gasteiger partial charge in [0.2, 0.25) is 0 Å². The largest absolute Gasteiger partial charge is 0.310 e. The van der Waals surface area contributed by atoms with Crippen LogP contribution in [0.3, 0.4) is 0 Å². The molecule has 0 unspecified atom stereocenters. The summed E-state index contributed by atoms with van der Waals surface area (Å²) in [5.74, 6) is -0.168. The van der Waals surface area contributed by atoms with E-state index in [4.69, 9.17) is 0 Å². The zero-order valence-electron chi connectivity index (χ0n) is 7.59. The van der Waals surface area contributed by atoms with Crippen LogP contribution in [0.5, 0.6) is 0 Å². The molecule has 0 amide bonds. The van der Waals surface area contributed by atoms with Gasteiger partial charge in [-0.3, -0.25) is 0 Å². The molecular formula is C10H12BrClFN. The van der Waals surface area contributed by atoms with Gasteiger partial charge in [-0.2, -0.15) is 0 Å². The third-order valence-electron chi connectivity index (χ3n) is 2.35. The average Bonchev–Trinajstić information content (AvgIpc) is 2.53. The van der Waals surface area contributed by atoms with E-state index in [2.05, 4.69) is 21.2 Å². The minimum Gasteiger partial charge on any atom is -0.310 e. The van der Waals surface area contributed by atoms with Crippen molar-refractivity contribution in [1.82, 2.24) is 5.32 Å². The summed E-state index contributed by atoms with van der Waals surface area (Å²) in [6.07, 6.45) is 2.29. The summed E-state index contributed by atoms with van der Waals surface area (Å²) < 4.78 is 13.8. The lowest BCUT2D eigenvalue weighted by Gasteiger charge is -2.10. The third kappa shape index (κ3) is 2.69. The van der Waals surface area contributed by atoms with Crippen molar-refractivity contribution < 1.29 is 4.39 Å². The minimum absolute atomic E-state index is 0. The van der Waals surface area contributed by atoms with Crippen LogP contribution in [0.4, 0.5) is 4.39 Å². The third-order valence-corrected chi connectivity index (χ3v) is 2.81. The lowest BCUT2D eigenvalue weighted by atomic mass is 10.1. The Morgan fingerprint density at radius 2 is 2.14 bits per heavy atom. The van der Waals surface area contributed by atoms with E-state index in [0.29, 0.717) is 6.04 Å². The Morgan fingerprint density at radius 3 is 2.71 bits per heavy atom. The number of rotatable bonds is 1. The van der Waals surface area contributed by atoms with E-state index in [1.54, 1.807) is 6.07 Å². The molecule has 1 fully saturated rings. The topological polar surface area (TPSA) is 12.0 Å². The predicted molar refractivity (Wildman–Crippen MR) is 61.3 cm³/mol. The van der Waals surface area contributed by atoms with E-state index in [1.807, 2.05) is 6.07 Å². The van der Waals surface area contributed by atoms with Crippen LogP contribution in [0.25, 0.3) is 0 Å². The number of hydrogen-bond acceptors (Lipinski definition) is 1. The van der Waals surface area contributed by atoms with E-state index in [9.17, 15) is 4.39 Å². The van der Waals surface area contributed by atoms with Gasteiger partial charge in [0.1, 0.15) is 5.82 Å². The average molecular weight is 281 g/mol. The lowest BCUT2D eigenvalue weighted by molar-refractivity contribution is 0.605. The Bertz CT molecular complexity index is 293. The summed E-state index contributed by atoms with van der Waals surface area (Å²) in [5.41, 5.74) is 1.05. The molecule has 0 bridgehead atoms. The second-order valence-corrected chi connectivity index (χ2v) is 4.27. The quantitative estimate of drug-likeness (QED) is 0.831. The fraction of sp³-hybridized carbons (Fsp3) is 0.400. The highest BCUT2D eigenvalue weighted by molar-refractivity contribution is 9.10. The van der Waals surface area contributed by atoms with Crippen LogP contribution in [-0.4, -0.2) is 6.54 Å². The first kappa shape index (κ1) is 12.0. The van der Waals surface area contributed by atoms with Crippen molar-refractivity contribution in [2.75, 3.05) is 6.54 Å². The SMILES string of the molecule is Cl.Fc1cc(Br)cc([C@H]2CCCN2)c1. The van der Waals surface area contributed by atoms with Gasteiger partial charge in [0.05, 0.1) is 0 Å². The molecule has 0 aliphatic carbocycles. The van der Waals surface area contributed by atoms with Gasteiger partial charge in [-0.15, -0.1) is 12.4 Å². The normalized spacial score (nSPS) is 20.6. The summed E-state index contributed by atoms with van der Waals surface area (Å²) in [4.78, 5) is 0. The van der Waals surface area contributed by atoms with E-state index in [1.165, 1.54) is 12.5 Å². The predicted octanol–water partition coefficient (Wildman–Crippen LogP) is 3.43. The fourth-order valence-electron chi connectivity index (χ4n) is 1.75. The number of nitrogens with one attached hydrogen (secondary N) is 1. The van der Waals surface area contributed by atoms with Crippen LogP contribution in [0.15, 0.2) is 22.7 Å². The molecule has 1 saturated heterocycles. The van der Waals surface area contributed by atoms with Crippen molar-refractivity contribution in [1.29, 1.82) is 0 Å². The van der Waals surface area contributed by atoms with Gasteiger partial charge in [-0.1, -0.05) is 15.9 Å². The van der Waals surface area contributed by atoms with Gasteiger partial charge in [-0.25, -0.2) is 4.39 Å².